The molecular formula is C20H19N5O2. The Kier molecular flexibility index (Phi) is 6.08. The second-order valence-electron chi connectivity index (χ2n) is 5.40. The van der Waals surface area contributed by atoms with Crippen LogP contribution < -0.4 is 14.9 Å². The van der Waals surface area contributed by atoms with Gasteiger partial charge in [0.05, 0.1) is 31.3 Å². The quantitative estimate of drug-likeness (QED) is 0.400. The number of methoxy groups -OCH3 is 2. The standard InChI is InChI=1S/C20H19N5O2/c1-26-19-11-7-6-10-17(19)23-25-24-18-13-12-16(14-20(18)27-2)22-21-15-8-4-3-5-9-15/h3-14H,1-2H3,(H,23,24)/b22-21+. The molecular weight excluding hydrogens is 342 g/mol. The molecule has 0 saturated heterocycles. The molecule has 136 valence electrons. The lowest BCUT2D eigenvalue weighted by molar-refractivity contribution is 0.415. The van der Waals surface area contributed by atoms with Gasteiger partial charge in [-0.1, -0.05) is 35.6 Å². The van der Waals surface area contributed by atoms with Crippen molar-refractivity contribution in [2.75, 3.05) is 19.6 Å². The first-order valence-electron chi connectivity index (χ1n) is 8.25. The summed E-state index contributed by atoms with van der Waals surface area (Å²) in [5, 5.41) is 16.6. The summed E-state index contributed by atoms with van der Waals surface area (Å²) < 4.78 is 10.6. The van der Waals surface area contributed by atoms with Crippen LogP contribution in [0.25, 0.3) is 0 Å². The lowest BCUT2D eigenvalue weighted by Crippen LogP contribution is -1.92. The highest BCUT2D eigenvalue weighted by atomic mass is 16.5. The Labute approximate surface area is 157 Å². The number of rotatable bonds is 7. The van der Waals surface area contributed by atoms with Gasteiger partial charge in [-0.15, -0.1) is 5.11 Å². The van der Waals surface area contributed by atoms with Gasteiger partial charge in [0.15, 0.2) is 0 Å². The highest BCUT2D eigenvalue weighted by Gasteiger charge is 2.04. The molecule has 1 N–H and O–H groups in total. The molecule has 3 aromatic carbocycles. The molecule has 0 atom stereocenters. The van der Waals surface area contributed by atoms with Gasteiger partial charge in [0.1, 0.15) is 17.2 Å². The summed E-state index contributed by atoms with van der Waals surface area (Å²) in [4.78, 5) is 0. The van der Waals surface area contributed by atoms with E-state index in [1.165, 1.54) is 0 Å². The van der Waals surface area contributed by atoms with Gasteiger partial charge in [-0.05, 0) is 36.4 Å². The van der Waals surface area contributed by atoms with Crippen molar-refractivity contribution in [2.45, 2.75) is 0 Å². The molecule has 0 aliphatic heterocycles. The topological polar surface area (TPSA) is 79.9 Å². The Bertz CT molecular complexity index is 942. The molecule has 0 aliphatic carbocycles. The minimum atomic E-state index is 0.582. The minimum absolute atomic E-state index is 0.582. The number of benzene rings is 3. The van der Waals surface area contributed by atoms with Crippen LogP contribution in [-0.4, -0.2) is 14.2 Å². The van der Waals surface area contributed by atoms with Crippen molar-refractivity contribution in [1.29, 1.82) is 0 Å². The average molecular weight is 361 g/mol. The van der Waals surface area contributed by atoms with Gasteiger partial charge in [-0.3, -0.25) is 5.43 Å². The molecule has 3 rings (SSSR count). The number of nitrogens with zero attached hydrogens (tertiary/aromatic N) is 4. The molecule has 0 aromatic heterocycles. The molecule has 27 heavy (non-hydrogen) atoms. The number of hydrogen-bond donors (Lipinski definition) is 1. The van der Waals surface area contributed by atoms with Crippen molar-refractivity contribution in [2.24, 2.45) is 20.6 Å². The van der Waals surface area contributed by atoms with E-state index < -0.39 is 0 Å². The Morgan fingerprint density at radius 1 is 0.667 bits per heavy atom. The molecule has 0 bridgehead atoms. The number of para-hydroxylation sites is 1. The number of nitrogens with one attached hydrogen (secondary N) is 1. The zero-order valence-corrected chi connectivity index (χ0v) is 15.0. The van der Waals surface area contributed by atoms with E-state index in [0.29, 0.717) is 28.6 Å². The van der Waals surface area contributed by atoms with Crippen LogP contribution in [0.4, 0.5) is 22.7 Å². The van der Waals surface area contributed by atoms with Crippen LogP contribution in [-0.2, 0) is 0 Å². The van der Waals surface area contributed by atoms with E-state index in [1.807, 2.05) is 60.7 Å². The summed E-state index contributed by atoms with van der Waals surface area (Å²) in [5.41, 5.74) is 5.61. The highest BCUT2D eigenvalue weighted by Crippen LogP contribution is 2.31. The lowest BCUT2D eigenvalue weighted by Gasteiger charge is -2.07. The van der Waals surface area contributed by atoms with Gasteiger partial charge in [0, 0.05) is 6.07 Å². The van der Waals surface area contributed by atoms with Gasteiger partial charge in [-0.25, -0.2) is 0 Å². The lowest BCUT2D eigenvalue weighted by atomic mass is 10.2. The van der Waals surface area contributed by atoms with E-state index in [4.69, 9.17) is 9.47 Å². The van der Waals surface area contributed by atoms with E-state index in [0.717, 1.165) is 5.69 Å². The SMILES string of the molecule is COc1ccccc1/N=N/Nc1ccc(/N=N/c2ccccc2)cc1OC. The predicted octanol–water partition coefficient (Wildman–Crippen LogP) is 6.23. The summed E-state index contributed by atoms with van der Waals surface area (Å²) in [6.45, 7) is 0. The van der Waals surface area contributed by atoms with Gasteiger partial charge in [-0.2, -0.15) is 10.2 Å². The smallest absolute Gasteiger partial charge is 0.146 e. The first-order valence-corrected chi connectivity index (χ1v) is 8.25. The van der Waals surface area contributed by atoms with Crippen LogP contribution in [0.15, 0.2) is 93.4 Å². The molecule has 7 heteroatoms. The van der Waals surface area contributed by atoms with E-state index in [1.54, 1.807) is 26.4 Å². The molecule has 7 nitrogen and oxygen atoms in total. The van der Waals surface area contributed by atoms with Crippen LogP contribution in [0, 0.1) is 0 Å². The summed E-state index contributed by atoms with van der Waals surface area (Å²) in [5.74, 6) is 1.23. The first kappa shape index (κ1) is 18.1. The minimum Gasteiger partial charge on any atom is -0.494 e. The molecule has 0 saturated carbocycles. The fraction of sp³-hybridized carbons (Fsp3) is 0.100. The van der Waals surface area contributed by atoms with Crippen LogP contribution in [0.1, 0.15) is 0 Å². The summed E-state index contributed by atoms with van der Waals surface area (Å²) in [6, 6.07) is 22.3. The number of hydrogen-bond acceptors (Lipinski definition) is 6. The highest BCUT2D eigenvalue weighted by molar-refractivity contribution is 5.62. The second-order valence-corrected chi connectivity index (χ2v) is 5.40. The third-order valence-electron chi connectivity index (χ3n) is 3.64. The number of ether oxygens (including phenoxy) is 2. The molecule has 0 unspecified atom stereocenters. The predicted molar refractivity (Wildman–Crippen MR) is 105 cm³/mol. The van der Waals surface area contributed by atoms with Crippen molar-refractivity contribution in [3.63, 3.8) is 0 Å². The van der Waals surface area contributed by atoms with Gasteiger partial charge >= 0.3 is 0 Å². The zero-order valence-electron chi connectivity index (χ0n) is 15.0. The Morgan fingerprint density at radius 2 is 1.37 bits per heavy atom. The summed E-state index contributed by atoms with van der Waals surface area (Å²) >= 11 is 0. The van der Waals surface area contributed by atoms with Crippen LogP contribution >= 0.6 is 0 Å². The molecule has 0 radical (unpaired) electrons. The Balaban J connectivity index is 1.73. The maximum atomic E-state index is 5.40. The fourth-order valence-electron chi connectivity index (χ4n) is 2.29. The largest absolute Gasteiger partial charge is 0.494 e. The van der Waals surface area contributed by atoms with Crippen LogP contribution in [0.3, 0.4) is 0 Å². The first-order chi connectivity index (χ1) is 13.3. The normalized spacial score (nSPS) is 11.0. The summed E-state index contributed by atoms with van der Waals surface area (Å²) in [6.07, 6.45) is 0. The molecule has 0 aliphatic rings. The Morgan fingerprint density at radius 3 is 2.15 bits per heavy atom. The van der Waals surface area contributed by atoms with Crippen molar-refractivity contribution in [1.82, 2.24) is 0 Å². The molecule has 0 spiro atoms. The monoisotopic (exact) mass is 361 g/mol. The van der Waals surface area contributed by atoms with E-state index >= 15 is 0 Å². The number of anilines is 1. The van der Waals surface area contributed by atoms with E-state index in [2.05, 4.69) is 26.0 Å². The van der Waals surface area contributed by atoms with Gasteiger partial charge in [0.25, 0.3) is 0 Å². The Hall–Kier alpha value is -3.74. The van der Waals surface area contributed by atoms with Gasteiger partial charge in [0.2, 0.25) is 0 Å². The zero-order chi connectivity index (χ0) is 18.9. The average Bonchev–Trinajstić information content (AvgIpc) is 2.74. The molecule has 0 fully saturated rings. The molecule has 0 amide bonds. The second kappa shape index (κ2) is 9.10. The van der Waals surface area contributed by atoms with Crippen molar-refractivity contribution < 1.29 is 9.47 Å². The van der Waals surface area contributed by atoms with Crippen LogP contribution in [0.2, 0.25) is 0 Å². The fourth-order valence-corrected chi connectivity index (χ4v) is 2.29. The maximum Gasteiger partial charge on any atom is 0.146 e. The van der Waals surface area contributed by atoms with E-state index in [9.17, 15) is 0 Å². The van der Waals surface area contributed by atoms with E-state index in [-0.39, 0.29) is 0 Å². The van der Waals surface area contributed by atoms with Crippen molar-refractivity contribution >= 4 is 22.7 Å². The van der Waals surface area contributed by atoms with Crippen molar-refractivity contribution in [3.8, 4) is 11.5 Å². The summed E-state index contributed by atoms with van der Waals surface area (Å²) in [7, 11) is 3.17. The van der Waals surface area contributed by atoms with Gasteiger partial charge < -0.3 is 9.47 Å². The van der Waals surface area contributed by atoms with Crippen molar-refractivity contribution in [3.05, 3.63) is 72.8 Å². The third kappa shape index (κ3) is 4.88. The molecule has 3 aromatic rings. The van der Waals surface area contributed by atoms with Crippen LogP contribution in [0.5, 0.6) is 11.5 Å². The maximum absolute atomic E-state index is 5.40. The third-order valence-corrected chi connectivity index (χ3v) is 3.64. The number of azo groups is 1. The molecule has 0 heterocycles.